The number of aliphatic imine (C=N–C) groups is 1. The van der Waals surface area contributed by atoms with Gasteiger partial charge < -0.3 is 15.5 Å². The zero-order valence-electron chi connectivity index (χ0n) is 16.1. The zero-order chi connectivity index (χ0) is 17.8. The molecule has 0 rings (SSSR count). The van der Waals surface area contributed by atoms with Crippen molar-refractivity contribution in [3.8, 4) is 0 Å². The minimum atomic E-state index is 0.00777. The molecule has 0 fully saturated rings. The molecule has 6 heteroatoms. The molecule has 0 aliphatic rings. The lowest BCUT2D eigenvalue weighted by atomic mass is 10.2. The van der Waals surface area contributed by atoms with Crippen molar-refractivity contribution in [3.05, 3.63) is 0 Å². The van der Waals surface area contributed by atoms with Crippen LogP contribution in [0.2, 0.25) is 0 Å². The van der Waals surface area contributed by atoms with Gasteiger partial charge in [0.2, 0.25) is 5.91 Å². The largest absolute Gasteiger partial charge is 0.356 e. The van der Waals surface area contributed by atoms with E-state index in [1.807, 2.05) is 0 Å². The Kier molecular flexibility index (Phi) is 11.5. The molecule has 1 amide bonds. The Morgan fingerprint density at radius 1 is 1.04 bits per heavy atom. The number of guanidine groups is 1. The van der Waals surface area contributed by atoms with Crippen LogP contribution in [0.3, 0.4) is 0 Å². The molecule has 0 unspecified atom stereocenters. The number of hydrogen-bond acceptors (Lipinski definition) is 3. The third-order valence-electron chi connectivity index (χ3n) is 3.63. The average Bonchev–Trinajstić information content (AvgIpc) is 2.47. The minimum Gasteiger partial charge on any atom is -0.356 e. The normalized spacial score (nSPS) is 12.2. The Morgan fingerprint density at radius 2 is 1.61 bits per heavy atom. The van der Waals surface area contributed by atoms with Crippen molar-refractivity contribution in [1.82, 2.24) is 20.4 Å². The van der Waals surface area contributed by atoms with Gasteiger partial charge in [-0.3, -0.25) is 9.69 Å². The number of amides is 1. The van der Waals surface area contributed by atoms with Crippen molar-refractivity contribution in [1.29, 1.82) is 0 Å². The molecule has 0 heterocycles. The highest BCUT2D eigenvalue weighted by atomic mass is 16.2. The van der Waals surface area contributed by atoms with Gasteiger partial charge in [-0.05, 0) is 40.5 Å². The standard InChI is InChI=1S/C17H37N5O/c1-8-10-18-17(20-13-16(23)21(6)7)19-11-9-12-22(14(2)3)15(4)5/h14-15H,8-13H2,1-7H3,(H2,18,19,20). The molecule has 2 N–H and O–H groups in total. The predicted octanol–water partition coefficient (Wildman–Crippen LogP) is 1.53. The Morgan fingerprint density at radius 3 is 2.09 bits per heavy atom. The number of likely N-dealkylation sites (N-methyl/N-ethyl adjacent to an activating group) is 1. The van der Waals surface area contributed by atoms with E-state index >= 15 is 0 Å². The van der Waals surface area contributed by atoms with E-state index in [4.69, 9.17) is 0 Å². The number of nitrogens with one attached hydrogen (secondary N) is 2. The number of carbonyl (C=O) groups is 1. The van der Waals surface area contributed by atoms with E-state index in [0.29, 0.717) is 12.1 Å². The van der Waals surface area contributed by atoms with Gasteiger partial charge in [-0.1, -0.05) is 6.92 Å². The van der Waals surface area contributed by atoms with E-state index in [2.05, 4.69) is 55.1 Å². The summed E-state index contributed by atoms with van der Waals surface area (Å²) in [5, 5.41) is 6.58. The van der Waals surface area contributed by atoms with Crippen LogP contribution in [0, 0.1) is 0 Å². The number of nitrogens with zero attached hydrogens (tertiary/aromatic N) is 3. The molecule has 0 bridgehead atoms. The number of carbonyl (C=O) groups excluding carboxylic acids is 1. The van der Waals surface area contributed by atoms with Crippen LogP contribution >= 0.6 is 0 Å². The summed E-state index contributed by atoms with van der Waals surface area (Å²) < 4.78 is 0. The molecule has 0 atom stereocenters. The molecule has 0 aliphatic heterocycles. The Hall–Kier alpha value is -1.30. The van der Waals surface area contributed by atoms with Crippen LogP contribution in [0.15, 0.2) is 4.99 Å². The molecule has 0 saturated heterocycles. The summed E-state index contributed by atoms with van der Waals surface area (Å²) in [6, 6.07) is 1.11. The topological polar surface area (TPSA) is 60.0 Å². The highest BCUT2D eigenvalue weighted by Crippen LogP contribution is 2.05. The van der Waals surface area contributed by atoms with Crippen LogP contribution in [0.25, 0.3) is 0 Å². The fourth-order valence-electron chi connectivity index (χ4n) is 2.29. The van der Waals surface area contributed by atoms with Crippen molar-refractivity contribution in [2.75, 3.05) is 40.3 Å². The maximum atomic E-state index is 11.6. The van der Waals surface area contributed by atoms with E-state index in [-0.39, 0.29) is 12.5 Å². The fraction of sp³-hybridized carbons (Fsp3) is 0.882. The van der Waals surface area contributed by atoms with Gasteiger partial charge in [-0.2, -0.15) is 0 Å². The second-order valence-corrected chi connectivity index (χ2v) is 6.59. The smallest absolute Gasteiger partial charge is 0.243 e. The first-order chi connectivity index (χ1) is 10.8. The van der Waals surface area contributed by atoms with Gasteiger partial charge in [-0.25, -0.2) is 4.99 Å². The SMILES string of the molecule is CCCNC(=NCC(=O)N(C)C)NCCCN(C(C)C)C(C)C. The van der Waals surface area contributed by atoms with Crippen LogP contribution in [-0.4, -0.2) is 74.0 Å². The van der Waals surface area contributed by atoms with Gasteiger partial charge in [0.15, 0.2) is 5.96 Å². The van der Waals surface area contributed by atoms with E-state index in [0.717, 1.165) is 38.4 Å². The van der Waals surface area contributed by atoms with Gasteiger partial charge in [0, 0.05) is 45.8 Å². The molecule has 0 aliphatic carbocycles. The molecule has 0 radical (unpaired) electrons. The molecule has 0 aromatic rings. The number of rotatable bonds is 10. The zero-order valence-corrected chi connectivity index (χ0v) is 16.1. The Balaban J connectivity index is 4.33. The Labute approximate surface area is 142 Å². The molecule has 23 heavy (non-hydrogen) atoms. The first kappa shape index (κ1) is 21.7. The molecular formula is C17H37N5O. The van der Waals surface area contributed by atoms with Crippen LogP contribution < -0.4 is 10.6 Å². The highest BCUT2D eigenvalue weighted by molar-refractivity contribution is 5.84. The van der Waals surface area contributed by atoms with E-state index in [9.17, 15) is 4.79 Å². The second-order valence-electron chi connectivity index (χ2n) is 6.59. The van der Waals surface area contributed by atoms with Crippen molar-refractivity contribution in [2.24, 2.45) is 4.99 Å². The summed E-state index contributed by atoms with van der Waals surface area (Å²) >= 11 is 0. The van der Waals surface area contributed by atoms with Gasteiger partial charge in [-0.15, -0.1) is 0 Å². The lowest BCUT2D eigenvalue weighted by Crippen LogP contribution is -2.42. The van der Waals surface area contributed by atoms with Crippen LogP contribution in [0.5, 0.6) is 0 Å². The van der Waals surface area contributed by atoms with Crippen LogP contribution in [-0.2, 0) is 4.79 Å². The van der Waals surface area contributed by atoms with Crippen molar-refractivity contribution >= 4 is 11.9 Å². The molecule has 0 saturated carbocycles. The fourth-order valence-corrected chi connectivity index (χ4v) is 2.29. The predicted molar refractivity (Wildman–Crippen MR) is 98.9 cm³/mol. The van der Waals surface area contributed by atoms with E-state index < -0.39 is 0 Å². The lowest BCUT2D eigenvalue weighted by Gasteiger charge is -2.30. The summed E-state index contributed by atoms with van der Waals surface area (Å²) in [5.74, 6) is 0.732. The van der Waals surface area contributed by atoms with Gasteiger partial charge >= 0.3 is 0 Å². The van der Waals surface area contributed by atoms with Gasteiger partial charge in [0.25, 0.3) is 0 Å². The van der Waals surface area contributed by atoms with Crippen molar-refractivity contribution < 1.29 is 4.79 Å². The molecule has 0 spiro atoms. The quantitative estimate of drug-likeness (QED) is 0.363. The maximum Gasteiger partial charge on any atom is 0.243 e. The number of hydrogen-bond donors (Lipinski definition) is 2. The minimum absolute atomic E-state index is 0.00777. The lowest BCUT2D eigenvalue weighted by molar-refractivity contribution is -0.127. The third-order valence-corrected chi connectivity index (χ3v) is 3.63. The molecule has 6 nitrogen and oxygen atoms in total. The van der Waals surface area contributed by atoms with Crippen LogP contribution in [0.1, 0.15) is 47.5 Å². The molecule has 0 aromatic heterocycles. The summed E-state index contributed by atoms with van der Waals surface area (Å²) in [6.07, 6.45) is 2.07. The van der Waals surface area contributed by atoms with E-state index in [1.165, 1.54) is 0 Å². The van der Waals surface area contributed by atoms with Crippen LogP contribution in [0.4, 0.5) is 0 Å². The summed E-state index contributed by atoms with van der Waals surface area (Å²) in [6.45, 7) is 14.0. The van der Waals surface area contributed by atoms with Crippen molar-refractivity contribution in [2.45, 2.75) is 59.5 Å². The summed E-state index contributed by atoms with van der Waals surface area (Å²) in [7, 11) is 3.49. The third kappa shape index (κ3) is 10.2. The molecular weight excluding hydrogens is 290 g/mol. The average molecular weight is 328 g/mol. The van der Waals surface area contributed by atoms with Gasteiger partial charge in [0.1, 0.15) is 6.54 Å². The summed E-state index contributed by atoms with van der Waals surface area (Å²) in [4.78, 5) is 20.0. The monoisotopic (exact) mass is 327 g/mol. The van der Waals surface area contributed by atoms with Gasteiger partial charge in [0.05, 0.1) is 0 Å². The first-order valence-corrected chi connectivity index (χ1v) is 8.77. The van der Waals surface area contributed by atoms with E-state index in [1.54, 1.807) is 19.0 Å². The Bertz CT molecular complexity index is 345. The molecule has 136 valence electrons. The molecule has 0 aromatic carbocycles. The maximum absolute atomic E-state index is 11.6. The van der Waals surface area contributed by atoms with Crippen molar-refractivity contribution in [3.63, 3.8) is 0 Å². The first-order valence-electron chi connectivity index (χ1n) is 8.77. The second kappa shape index (κ2) is 12.2. The summed E-state index contributed by atoms with van der Waals surface area (Å²) in [5.41, 5.74) is 0. The highest BCUT2D eigenvalue weighted by Gasteiger charge is 2.12.